The fraction of sp³-hybridized carbons (Fsp3) is 0.154. The van der Waals surface area contributed by atoms with E-state index in [-0.39, 0.29) is 0 Å². The first-order valence-corrected chi connectivity index (χ1v) is 8.01. The van der Waals surface area contributed by atoms with Crippen LogP contribution in [-0.2, 0) is 0 Å². The number of oxime groups is 1. The van der Waals surface area contributed by atoms with Gasteiger partial charge in [-0.15, -0.1) is 23.1 Å². The second kappa shape index (κ2) is 6.66. The zero-order valence-electron chi connectivity index (χ0n) is 10.1. The molecular formula is C13H11Cl2NOS2. The first-order chi connectivity index (χ1) is 9.10. The number of thiophene rings is 1. The minimum atomic E-state index is 0.527. The van der Waals surface area contributed by atoms with Gasteiger partial charge in [0.2, 0.25) is 0 Å². The molecular weight excluding hydrogens is 321 g/mol. The van der Waals surface area contributed by atoms with Crippen molar-refractivity contribution in [3.63, 3.8) is 0 Å². The van der Waals surface area contributed by atoms with Gasteiger partial charge in [-0.25, -0.2) is 0 Å². The van der Waals surface area contributed by atoms with Crippen molar-refractivity contribution in [3.05, 3.63) is 50.1 Å². The fourth-order valence-corrected chi connectivity index (χ4v) is 3.84. The number of hydrogen-bond donors (Lipinski definition) is 1. The fourth-order valence-electron chi connectivity index (χ4n) is 1.48. The third kappa shape index (κ3) is 3.89. The van der Waals surface area contributed by atoms with Gasteiger partial charge in [-0.2, -0.15) is 0 Å². The molecule has 1 aromatic carbocycles. The minimum Gasteiger partial charge on any atom is -0.411 e. The molecule has 2 aromatic rings. The van der Waals surface area contributed by atoms with Gasteiger partial charge in [0, 0.05) is 16.2 Å². The maximum atomic E-state index is 9.11. The lowest BCUT2D eigenvalue weighted by Gasteiger charge is -2.04. The highest BCUT2D eigenvalue weighted by Crippen LogP contribution is 2.32. The van der Waals surface area contributed by atoms with Gasteiger partial charge in [0.15, 0.2) is 0 Å². The van der Waals surface area contributed by atoms with E-state index in [0.717, 1.165) is 4.90 Å². The normalized spacial score (nSPS) is 11.8. The van der Waals surface area contributed by atoms with Gasteiger partial charge >= 0.3 is 0 Å². The lowest BCUT2D eigenvalue weighted by Crippen LogP contribution is -2.03. The Kier molecular flexibility index (Phi) is 5.16. The molecule has 0 aliphatic heterocycles. The Hall–Kier alpha value is -0.680. The summed E-state index contributed by atoms with van der Waals surface area (Å²) >= 11 is 14.8. The van der Waals surface area contributed by atoms with Crippen LogP contribution in [0.15, 0.2) is 40.4 Å². The van der Waals surface area contributed by atoms with Crippen molar-refractivity contribution in [3.8, 4) is 0 Å². The van der Waals surface area contributed by atoms with Crippen LogP contribution in [-0.4, -0.2) is 16.7 Å². The minimum absolute atomic E-state index is 0.527. The molecule has 1 N–H and O–H groups in total. The molecule has 100 valence electrons. The number of benzene rings is 1. The van der Waals surface area contributed by atoms with E-state index in [2.05, 4.69) is 5.16 Å². The number of thioether (sulfide) groups is 1. The van der Waals surface area contributed by atoms with Crippen molar-refractivity contribution in [2.75, 3.05) is 5.75 Å². The molecule has 6 heteroatoms. The van der Waals surface area contributed by atoms with Crippen LogP contribution in [0, 0.1) is 6.92 Å². The van der Waals surface area contributed by atoms with Crippen LogP contribution >= 0.6 is 46.3 Å². The molecule has 0 aliphatic carbocycles. The highest BCUT2D eigenvalue weighted by molar-refractivity contribution is 8.00. The van der Waals surface area contributed by atoms with Crippen LogP contribution in [0.25, 0.3) is 0 Å². The summed E-state index contributed by atoms with van der Waals surface area (Å²) in [5.41, 5.74) is 2.44. The number of nitrogens with zero attached hydrogens (tertiary/aromatic N) is 1. The van der Waals surface area contributed by atoms with Gasteiger partial charge in [-0.05, 0) is 25.1 Å². The molecule has 0 fully saturated rings. The SMILES string of the molecule is Cc1ccc(SC/C(=N/O)c2cc(Cl)sc2Cl)cc1. The second-order valence-electron chi connectivity index (χ2n) is 3.89. The van der Waals surface area contributed by atoms with Crippen molar-refractivity contribution >= 4 is 52.0 Å². The van der Waals surface area contributed by atoms with E-state index in [0.29, 0.717) is 25.7 Å². The quantitative estimate of drug-likeness (QED) is 0.355. The Labute approximate surface area is 130 Å². The summed E-state index contributed by atoms with van der Waals surface area (Å²) in [6, 6.07) is 9.90. The van der Waals surface area contributed by atoms with Crippen molar-refractivity contribution in [1.82, 2.24) is 0 Å². The van der Waals surface area contributed by atoms with E-state index in [1.165, 1.54) is 16.9 Å². The number of aryl methyl sites for hydroxylation is 1. The molecule has 0 aliphatic rings. The van der Waals surface area contributed by atoms with Crippen LogP contribution in [0.3, 0.4) is 0 Å². The summed E-state index contributed by atoms with van der Waals surface area (Å²) < 4.78 is 1.13. The Morgan fingerprint density at radius 1 is 1.32 bits per heavy atom. The van der Waals surface area contributed by atoms with Crippen LogP contribution in [0.5, 0.6) is 0 Å². The molecule has 19 heavy (non-hydrogen) atoms. The van der Waals surface area contributed by atoms with Crippen molar-refractivity contribution < 1.29 is 5.21 Å². The molecule has 1 heterocycles. The molecule has 2 nitrogen and oxygen atoms in total. The molecule has 2 rings (SSSR count). The number of rotatable bonds is 4. The monoisotopic (exact) mass is 331 g/mol. The van der Waals surface area contributed by atoms with E-state index in [1.54, 1.807) is 17.8 Å². The van der Waals surface area contributed by atoms with Gasteiger partial charge in [0.1, 0.15) is 4.34 Å². The molecule has 0 bridgehead atoms. The highest BCUT2D eigenvalue weighted by Gasteiger charge is 2.13. The maximum absolute atomic E-state index is 9.11. The zero-order valence-corrected chi connectivity index (χ0v) is 13.2. The summed E-state index contributed by atoms with van der Waals surface area (Å²) in [4.78, 5) is 1.11. The molecule has 1 aromatic heterocycles. The Morgan fingerprint density at radius 3 is 2.53 bits per heavy atom. The number of hydrogen-bond acceptors (Lipinski definition) is 4. The average molecular weight is 332 g/mol. The summed E-state index contributed by atoms with van der Waals surface area (Å²) in [5, 5.41) is 12.4. The van der Waals surface area contributed by atoms with Crippen LogP contribution in [0.4, 0.5) is 0 Å². The molecule has 0 saturated carbocycles. The van der Waals surface area contributed by atoms with Gasteiger partial charge < -0.3 is 5.21 Å². The van der Waals surface area contributed by atoms with Crippen molar-refractivity contribution in [2.45, 2.75) is 11.8 Å². The van der Waals surface area contributed by atoms with Crippen LogP contribution < -0.4 is 0 Å². The molecule has 0 radical (unpaired) electrons. The third-order valence-electron chi connectivity index (χ3n) is 2.48. The lowest BCUT2D eigenvalue weighted by molar-refractivity contribution is 0.319. The van der Waals surface area contributed by atoms with Gasteiger partial charge in [-0.1, -0.05) is 46.1 Å². The summed E-state index contributed by atoms with van der Waals surface area (Å²) in [7, 11) is 0. The summed E-state index contributed by atoms with van der Waals surface area (Å²) in [6.45, 7) is 2.04. The predicted molar refractivity (Wildman–Crippen MR) is 84.6 cm³/mol. The lowest BCUT2D eigenvalue weighted by atomic mass is 10.2. The predicted octanol–water partition coefficient (Wildman–Crippen LogP) is 5.33. The van der Waals surface area contributed by atoms with Crippen molar-refractivity contribution in [2.24, 2.45) is 5.16 Å². The zero-order chi connectivity index (χ0) is 13.8. The van der Waals surface area contributed by atoms with E-state index in [4.69, 9.17) is 28.4 Å². The Balaban J connectivity index is 2.08. The molecule has 0 saturated heterocycles. The van der Waals surface area contributed by atoms with Gasteiger partial charge in [-0.3, -0.25) is 0 Å². The summed E-state index contributed by atoms with van der Waals surface area (Å²) in [6.07, 6.45) is 0. The highest BCUT2D eigenvalue weighted by atomic mass is 35.5. The molecule has 0 unspecified atom stereocenters. The largest absolute Gasteiger partial charge is 0.411 e. The first kappa shape index (κ1) is 14.7. The topological polar surface area (TPSA) is 32.6 Å². The first-order valence-electron chi connectivity index (χ1n) is 5.45. The van der Waals surface area contributed by atoms with E-state index in [1.807, 2.05) is 31.2 Å². The van der Waals surface area contributed by atoms with E-state index >= 15 is 0 Å². The number of halogens is 2. The summed E-state index contributed by atoms with van der Waals surface area (Å²) in [5.74, 6) is 0.534. The standard InChI is InChI=1S/C13H11Cl2NOS2/c1-8-2-4-9(5-3-8)18-7-11(16-17)10-6-12(14)19-13(10)15/h2-6,17H,7H2,1H3/b16-11-. The smallest absolute Gasteiger partial charge is 0.104 e. The Morgan fingerprint density at radius 2 is 2.00 bits per heavy atom. The van der Waals surface area contributed by atoms with Gasteiger partial charge in [0.05, 0.1) is 10.0 Å². The van der Waals surface area contributed by atoms with E-state index < -0.39 is 0 Å². The maximum Gasteiger partial charge on any atom is 0.104 e. The molecule has 0 atom stereocenters. The van der Waals surface area contributed by atoms with Crippen LogP contribution in [0.2, 0.25) is 8.67 Å². The third-order valence-corrected chi connectivity index (χ3v) is 5.00. The second-order valence-corrected chi connectivity index (χ2v) is 7.22. The van der Waals surface area contributed by atoms with E-state index in [9.17, 15) is 0 Å². The van der Waals surface area contributed by atoms with Crippen molar-refractivity contribution in [1.29, 1.82) is 0 Å². The molecule has 0 amide bonds. The average Bonchev–Trinajstić information content (AvgIpc) is 2.72. The Bertz CT molecular complexity index is 593. The van der Waals surface area contributed by atoms with Crippen LogP contribution in [0.1, 0.15) is 11.1 Å². The van der Waals surface area contributed by atoms with Gasteiger partial charge in [0.25, 0.3) is 0 Å². The molecule has 0 spiro atoms.